The molecule has 0 spiro atoms. The molecule has 5 heteroatoms. The highest BCUT2D eigenvalue weighted by Crippen LogP contribution is 2.16. The van der Waals surface area contributed by atoms with Gasteiger partial charge < -0.3 is 9.80 Å². The van der Waals surface area contributed by atoms with Gasteiger partial charge in [-0.1, -0.05) is 0 Å². The zero-order valence-electron chi connectivity index (χ0n) is 10.8. The van der Waals surface area contributed by atoms with Gasteiger partial charge in [0.15, 0.2) is 0 Å². The molecule has 0 aliphatic carbocycles. The van der Waals surface area contributed by atoms with Crippen molar-refractivity contribution in [3.8, 4) is 0 Å². The second kappa shape index (κ2) is 5.80. The standard InChI is InChI=1S/C13H18BrN3O/c1-16-6-5-10(8-16)9-17(2)13(18)12-4-3-11(14)7-15-12/h3-4,7,10H,5-6,8-9H2,1-2H3. The molecule has 0 N–H and O–H groups in total. The van der Waals surface area contributed by atoms with Crippen LogP contribution in [0.3, 0.4) is 0 Å². The Morgan fingerprint density at radius 3 is 2.94 bits per heavy atom. The molecule has 1 aromatic rings. The summed E-state index contributed by atoms with van der Waals surface area (Å²) in [5, 5.41) is 0. The van der Waals surface area contributed by atoms with Gasteiger partial charge in [0, 0.05) is 30.8 Å². The third-order valence-corrected chi connectivity index (χ3v) is 3.78. The molecule has 0 aromatic carbocycles. The third-order valence-electron chi connectivity index (χ3n) is 3.31. The minimum atomic E-state index is -0.00273. The molecule has 1 aliphatic heterocycles. The summed E-state index contributed by atoms with van der Waals surface area (Å²) in [5.74, 6) is 0.580. The molecule has 1 aliphatic rings. The lowest BCUT2D eigenvalue weighted by atomic mass is 10.1. The number of aromatic nitrogens is 1. The number of halogens is 1. The van der Waals surface area contributed by atoms with Crippen LogP contribution in [0.5, 0.6) is 0 Å². The van der Waals surface area contributed by atoms with Crippen molar-refractivity contribution in [1.29, 1.82) is 0 Å². The predicted octanol–water partition coefficient (Wildman–Crippen LogP) is 1.87. The molecular weight excluding hydrogens is 294 g/mol. The SMILES string of the molecule is CN1CCC(CN(C)C(=O)c2ccc(Br)cn2)C1. The number of rotatable bonds is 3. The zero-order chi connectivity index (χ0) is 13.1. The first-order valence-electron chi connectivity index (χ1n) is 6.12. The fourth-order valence-electron chi connectivity index (χ4n) is 2.34. The van der Waals surface area contributed by atoms with E-state index in [4.69, 9.17) is 0 Å². The summed E-state index contributed by atoms with van der Waals surface area (Å²) in [6.45, 7) is 3.01. The van der Waals surface area contributed by atoms with E-state index in [1.165, 1.54) is 6.42 Å². The van der Waals surface area contributed by atoms with Crippen LogP contribution < -0.4 is 0 Å². The average Bonchev–Trinajstić information content (AvgIpc) is 2.75. The summed E-state index contributed by atoms with van der Waals surface area (Å²) in [6.07, 6.45) is 2.83. The van der Waals surface area contributed by atoms with Crippen LogP contribution in [0.25, 0.3) is 0 Å². The lowest BCUT2D eigenvalue weighted by molar-refractivity contribution is 0.0768. The Morgan fingerprint density at radius 1 is 1.61 bits per heavy atom. The molecule has 98 valence electrons. The number of carbonyl (C=O) groups is 1. The number of carbonyl (C=O) groups excluding carboxylic acids is 1. The van der Waals surface area contributed by atoms with Gasteiger partial charge in [-0.05, 0) is 54.0 Å². The summed E-state index contributed by atoms with van der Waals surface area (Å²) in [5.41, 5.74) is 0.507. The van der Waals surface area contributed by atoms with Crippen LogP contribution in [0.1, 0.15) is 16.9 Å². The molecule has 2 rings (SSSR count). The number of pyridine rings is 1. The highest BCUT2D eigenvalue weighted by molar-refractivity contribution is 9.10. The molecule has 1 unspecified atom stereocenters. The summed E-state index contributed by atoms with van der Waals surface area (Å²) < 4.78 is 0.888. The van der Waals surface area contributed by atoms with Gasteiger partial charge in [-0.15, -0.1) is 0 Å². The topological polar surface area (TPSA) is 36.4 Å². The van der Waals surface area contributed by atoms with Crippen molar-refractivity contribution in [3.05, 3.63) is 28.5 Å². The van der Waals surface area contributed by atoms with E-state index in [9.17, 15) is 4.79 Å². The van der Waals surface area contributed by atoms with Gasteiger partial charge in [-0.3, -0.25) is 4.79 Å². The molecule has 1 aromatic heterocycles. The van der Waals surface area contributed by atoms with E-state index in [2.05, 4.69) is 32.9 Å². The van der Waals surface area contributed by atoms with Crippen molar-refractivity contribution >= 4 is 21.8 Å². The third kappa shape index (κ3) is 3.29. The van der Waals surface area contributed by atoms with Crippen LogP contribution in [0.4, 0.5) is 0 Å². The Labute approximate surface area is 116 Å². The van der Waals surface area contributed by atoms with Gasteiger partial charge >= 0.3 is 0 Å². The largest absolute Gasteiger partial charge is 0.340 e. The first-order chi connectivity index (χ1) is 8.56. The zero-order valence-corrected chi connectivity index (χ0v) is 12.4. The normalized spacial score (nSPS) is 20.1. The van der Waals surface area contributed by atoms with E-state index in [0.29, 0.717) is 11.6 Å². The van der Waals surface area contributed by atoms with Crippen molar-refractivity contribution < 1.29 is 4.79 Å². The maximum Gasteiger partial charge on any atom is 0.272 e. The molecular formula is C13H18BrN3O. The molecule has 4 nitrogen and oxygen atoms in total. The number of amides is 1. The van der Waals surface area contributed by atoms with Gasteiger partial charge in [0.1, 0.15) is 5.69 Å². The van der Waals surface area contributed by atoms with Gasteiger partial charge in [0.2, 0.25) is 0 Å². The monoisotopic (exact) mass is 311 g/mol. The Morgan fingerprint density at radius 2 is 2.39 bits per heavy atom. The summed E-state index contributed by atoms with van der Waals surface area (Å²) in [6, 6.07) is 3.60. The minimum Gasteiger partial charge on any atom is -0.340 e. The van der Waals surface area contributed by atoms with Crippen LogP contribution in [-0.2, 0) is 0 Å². The smallest absolute Gasteiger partial charge is 0.272 e. The van der Waals surface area contributed by atoms with Crippen molar-refractivity contribution in [2.45, 2.75) is 6.42 Å². The van der Waals surface area contributed by atoms with Gasteiger partial charge in [0.25, 0.3) is 5.91 Å². The second-order valence-corrected chi connectivity index (χ2v) is 5.88. The molecule has 0 radical (unpaired) electrons. The van der Waals surface area contributed by atoms with Gasteiger partial charge in [0.05, 0.1) is 0 Å². The number of hydrogen-bond donors (Lipinski definition) is 0. The van der Waals surface area contributed by atoms with E-state index in [0.717, 1.165) is 24.1 Å². The van der Waals surface area contributed by atoms with Crippen molar-refractivity contribution in [1.82, 2.24) is 14.8 Å². The average molecular weight is 312 g/mol. The molecule has 1 amide bonds. The van der Waals surface area contributed by atoms with E-state index in [1.54, 1.807) is 17.2 Å². The molecule has 0 saturated carbocycles. The quantitative estimate of drug-likeness (QED) is 0.855. The summed E-state index contributed by atoms with van der Waals surface area (Å²) in [4.78, 5) is 20.4. The lowest BCUT2D eigenvalue weighted by Gasteiger charge is -2.20. The van der Waals surface area contributed by atoms with Crippen LogP contribution >= 0.6 is 15.9 Å². The molecule has 2 heterocycles. The molecule has 18 heavy (non-hydrogen) atoms. The Bertz CT molecular complexity index is 421. The maximum absolute atomic E-state index is 12.2. The van der Waals surface area contributed by atoms with Crippen LogP contribution in [0.2, 0.25) is 0 Å². The van der Waals surface area contributed by atoms with E-state index in [-0.39, 0.29) is 5.91 Å². The summed E-state index contributed by atoms with van der Waals surface area (Å²) >= 11 is 3.32. The van der Waals surface area contributed by atoms with E-state index >= 15 is 0 Å². The van der Waals surface area contributed by atoms with E-state index < -0.39 is 0 Å². The number of nitrogens with zero attached hydrogens (tertiary/aromatic N) is 3. The van der Waals surface area contributed by atoms with Gasteiger partial charge in [-0.2, -0.15) is 0 Å². The van der Waals surface area contributed by atoms with Crippen LogP contribution in [-0.4, -0.2) is 54.4 Å². The van der Waals surface area contributed by atoms with Crippen LogP contribution in [0.15, 0.2) is 22.8 Å². The van der Waals surface area contributed by atoms with Gasteiger partial charge in [-0.25, -0.2) is 4.98 Å². The molecule has 1 saturated heterocycles. The Kier molecular flexibility index (Phi) is 4.35. The summed E-state index contributed by atoms with van der Waals surface area (Å²) in [7, 11) is 3.97. The Balaban J connectivity index is 1.94. The van der Waals surface area contributed by atoms with Crippen molar-refractivity contribution in [2.75, 3.05) is 33.7 Å². The highest BCUT2D eigenvalue weighted by atomic mass is 79.9. The maximum atomic E-state index is 12.2. The fourth-order valence-corrected chi connectivity index (χ4v) is 2.58. The number of hydrogen-bond acceptors (Lipinski definition) is 3. The number of likely N-dealkylation sites (tertiary alicyclic amines) is 1. The van der Waals surface area contributed by atoms with Crippen molar-refractivity contribution in [3.63, 3.8) is 0 Å². The first kappa shape index (κ1) is 13.5. The predicted molar refractivity (Wildman–Crippen MR) is 74.5 cm³/mol. The molecule has 1 atom stereocenters. The molecule has 1 fully saturated rings. The fraction of sp³-hybridized carbons (Fsp3) is 0.538. The molecule has 0 bridgehead atoms. The highest BCUT2D eigenvalue weighted by Gasteiger charge is 2.23. The van der Waals surface area contributed by atoms with E-state index in [1.807, 2.05) is 13.1 Å². The minimum absolute atomic E-state index is 0.00273. The van der Waals surface area contributed by atoms with Crippen molar-refractivity contribution in [2.24, 2.45) is 5.92 Å². The first-order valence-corrected chi connectivity index (χ1v) is 6.91. The Hall–Kier alpha value is -0.940. The lowest BCUT2D eigenvalue weighted by Crippen LogP contribution is -2.33. The van der Waals surface area contributed by atoms with Crippen LogP contribution in [0, 0.1) is 5.92 Å². The second-order valence-electron chi connectivity index (χ2n) is 4.96.